The molecule has 0 aliphatic carbocycles. The molecule has 1 aromatic heterocycles. The molecule has 1 heterocycles. The third-order valence-corrected chi connectivity index (χ3v) is 4.83. The largest absolute Gasteiger partial charge is 0.277 e. The van der Waals surface area contributed by atoms with Gasteiger partial charge in [-0.2, -0.15) is 5.10 Å². The van der Waals surface area contributed by atoms with E-state index in [9.17, 15) is 12.8 Å². The summed E-state index contributed by atoms with van der Waals surface area (Å²) in [6.07, 6.45) is 1.42. The molecule has 22 heavy (non-hydrogen) atoms. The summed E-state index contributed by atoms with van der Waals surface area (Å²) in [6.45, 7) is 5.61. The number of nitrogens with zero attached hydrogens (tertiary/aromatic N) is 2. The van der Waals surface area contributed by atoms with Gasteiger partial charge in [0.2, 0.25) is 0 Å². The van der Waals surface area contributed by atoms with Crippen molar-refractivity contribution in [2.75, 3.05) is 4.72 Å². The monoisotopic (exact) mass is 389 g/mol. The fraction of sp³-hybridized carbons (Fsp3) is 0.357. The van der Waals surface area contributed by atoms with Crippen molar-refractivity contribution in [3.63, 3.8) is 0 Å². The van der Waals surface area contributed by atoms with Gasteiger partial charge in [-0.05, 0) is 18.2 Å². The lowest BCUT2D eigenvalue weighted by Gasteiger charge is -2.18. The van der Waals surface area contributed by atoms with E-state index in [-0.39, 0.29) is 10.6 Å². The second kappa shape index (κ2) is 5.66. The highest BCUT2D eigenvalue weighted by Crippen LogP contribution is 2.29. The molecule has 0 aliphatic heterocycles. The smallest absolute Gasteiger partial charge is 0.265 e. The van der Waals surface area contributed by atoms with Crippen molar-refractivity contribution in [3.05, 3.63) is 40.4 Å². The Morgan fingerprint density at radius 3 is 2.50 bits per heavy atom. The first kappa shape index (κ1) is 17.0. The highest BCUT2D eigenvalue weighted by molar-refractivity contribution is 9.10. The number of benzene rings is 1. The number of aromatic nitrogens is 2. The Balaban J connectivity index is 2.48. The van der Waals surface area contributed by atoms with Gasteiger partial charge in [0, 0.05) is 23.1 Å². The molecule has 0 bridgehead atoms. The summed E-state index contributed by atoms with van der Waals surface area (Å²) >= 11 is 3.13. The van der Waals surface area contributed by atoms with Crippen LogP contribution < -0.4 is 4.72 Å². The number of anilines is 1. The fourth-order valence-electron chi connectivity index (χ4n) is 1.95. The van der Waals surface area contributed by atoms with E-state index >= 15 is 0 Å². The SMILES string of the molecule is Cn1cc(S(=O)(=O)Nc2ccc(Br)cc2F)c(C(C)(C)C)n1. The first-order valence-corrected chi connectivity index (χ1v) is 8.80. The predicted octanol–water partition coefficient (Wildman–Crippen LogP) is 3.42. The molecule has 0 saturated heterocycles. The highest BCUT2D eigenvalue weighted by atomic mass is 79.9. The zero-order valence-electron chi connectivity index (χ0n) is 12.7. The third kappa shape index (κ3) is 3.49. The van der Waals surface area contributed by atoms with E-state index in [1.165, 1.54) is 23.0 Å². The Bertz CT molecular complexity index is 810. The summed E-state index contributed by atoms with van der Waals surface area (Å²) in [6, 6.07) is 4.13. The quantitative estimate of drug-likeness (QED) is 0.874. The maximum Gasteiger partial charge on any atom is 0.265 e. The van der Waals surface area contributed by atoms with Crippen molar-refractivity contribution >= 4 is 31.6 Å². The molecule has 0 fully saturated rings. The Hall–Kier alpha value is -1.41. The molecule has 5 nitrogen and oxygen atoms in total. The van der Waals surface area contributed by atoms with E-state index in [4.69, 9.17) is 0 Å². The van der Waals surface area contributed by atoms with Crippen molar-refractivity contribution in [2.24, 2.45) is 7.05 Å². The molecule has 0 spiro atoms. The van der Waals surface area contributed by atoms with E-state index in [0.717, 1.165) is 0 Å². The minimum absolute atomic E-state index is 0.0461. The van der Waals surface area contributed by atoms with Gasteiger partial charge in [-0.1, -0.05) is 36.7 Å². The van der Waals surface area contributed by atoms with E-state index in [2.05, 4.69) is 25.8 Å². The molecule has 0 unspecified atom stereocenters. The molecule has 1 N–H and O–H groups in total. The lowest BCUT2D eigenvalue weighted by atomic mass is 9.92. The van der Waals surface area contributed by atoms with Crippen molar-refractivity contribution in [1.29, 1.82) is 0 Å². The average Bonchev–Trinajstić information content (AvgIpc) is 2.76. The molecule has 0 atom stereocenters. The van der Waals surface area contributed by atoms with Gasteiger partial charge in [0.15, 0.2) is 0 Å². The van der Waals surface area contributed by atoms with Crippen molar-refractivity contribution in [1.82, 2.24) is 9.78 Å². The topological polar surface area (TPSA) is 64.0 Å². The van der Waals surface area contributed by atoms with Gasteiger partial charge in [0.1, 0.15) is 10.7 Å². The van der Waals surface area contributed by atoms with E-state index in [0.29, 0.717) is 10.2 Å². The molecule has 2 aromatic rings. The van der Waals surface area contributed by atoms with Gasteiger partial charge < -0.3 is 0 Å². The summed E-state index contributed by atoms with van der Waals surface area (Å²) in [5, 5.41) is 4.22. The van der Waals surface area contributed by atoms with Gasteiger partial charge >= 0.3 is 0 Å². The van der Waals surface area contributed by atoms with Crippen LogP contribution in [0.5, 0.6) is 0 Å². The van der Waals surface area contributed by atoms with E-state index in [1.807, 2.05) is 20.8 Å². The minimum atomic E-state index is -3.93. The van der Waals surface area contributed by atoms with Crippen molar-refractivity contribution < 1.29 is 12.8 Å². The molecule has 120 valence electrons. The van der Waals surface area contributed by atoms with Crippen LogP contribution in [0, 0.1) is 5.82 Å². The van der Waals surface area contributed by atoms with Gasteiger partial charge in [-0.25, -0.2) is 12.8 Å². The lowest BCUT2D eigenvalue weighted by Crippen LogP contribution is -2.20. The van der Waals surface area contributed by atoms with Gasteiger partial charge in [-0.3, -0.25) is 9.40 Å². The zero-order chi connectivity index (χ0) is 16.7. The number of sulfonamides is 1. The number of hydrogen-bond acceptors (Lipinski definition) is 3. The summed E-state index contributed by atoms with van der Waals surface area (Å²) in [7, 11) is -2.28. The molecular formula is C14H17BrFN3O2S. The molecule has 0 amide bonds. The fourth-order valence-corrected chi connectivity index (χ4v) is 3.75. The van der Waals surface area contributed by atoms with Crippen LogP contribution in [0.1, 0.15) is 26.5 Å². The highest BCUT2D eigenvalue weighted by Gasteiger charge is 2.30. The molecule has 8 heteroatoms. The van der Waals surface area contributed by atoms with Crippen molar-refractivity contribution in [2.45, 2.75) is 31.1 Å². The van der Waals surface area contributed by atoms with Crippen LogP contribution in [-0.4, -0.2) is 18.2 Å². The second-order valence-electron chi connectivity index (χ2n) is 6.00. The summed E-state index contributed by atoms with van der Waals surface area (Å²) in [5.74, 6) is -0.654. The average molecular weight is 390 g/mol. The predicted molar refractivity (Wildman–Crippen MR) is 86.8 cm³/mol. The van der Waals surface area contributed by atoms with Crippen LogP contribution in [0.3, 0.4) is 0 Å². The molecule has 0 aliphatic rings. The number of rotatable bonds is 3. The summed E-state index contributed by atoms with van der Waals surface area (Å²) < 4.78 is 43.3. The zero-order valence-corrected chi connectivity index (χ0v) is 15.1. The third-order valence-electron chi connectivity index (χ3n) is 2.97. The van der Waals surface area contributed by atoms with Crippen molar-refractivity contribution in [3.8, 4) is 0 Å². The Kier molecular flexibility index (Phi) is 4.36. The number of halogens is 2. The maximum absolute atomic E-state index is 13.9. The summed E-state index contributed by atoms with van der Waals surface area (Å²) in [4.78, 5) is 0.0461. The summed E-state index contributed by atoms with van der Waals surface area (Å²) in [5.41, 5.74) is -0.129. The Morgan fingerprint density at radius 1 is 1.32 bits per heavy atom. The van der Waals surface area contributed by atoms with Crippen LogP contribution in [-0.2, 0) is 22.5 Å². The van der Waals surface area contributed by atoms with Crippen LogP contribution in [0.4, 0.5) is 10.1 Å². The number of aryl methyl sites for hydroxylation is 1. The van der Waals surface area contributed by atoms with E-state index in [1.54, 1.807) is 13.1 Å². The minimum Gasteiger partial charge on any atom is -0.277 e. The molecule has 0 saturated carbocycles. The standard InChI is InChI=1S/C14H17BrFN3O2S/c1-14(2,3)13-12(8-19(4)17-13)22(20,21)18-11-6-5-9(15)7-10(11)16/h5-8,18H,1-4H3. The first-order valence-electron chi connectivity index (χ1n) is 6.53. The Labute approximate surface area is 137 Å². The maximum atomic E-state index is 13.9. The number of hydrogen-bond donors (Lipinski definition) is 1. The molecule has 0 radical (unpaired) electrons. The molecule has 1 aromatic carbocycles. The van der Waals surface area contributed by atoms with Gasteiger partial charge in [0.05, 0.1) is 11.4 Å². The van der Waals surface area contributed by atoms with E-state index < -0.39 is 21.3 Å². The Morgan fingerprint density at radius 2 is 1.95 bits per heavy atom. The van der Waals surface area contributed by atoms with Crippen LogP contribution >= 0.6 is 15.9 Å². The normalized spacial score (nSPS) is 12.5. The molecular weight excluding hydrogens is 373 g/mol. The lowest BCUT2D eigenvalue weighted by molar-refractivity contribution is 0.538. The second-order valence-corrected chi connectivity index (χ2v) is 8.56. The first-order chi connectivity index (χ1) is 10.0. The van der Waals surface area contributed by atoms with Crippen LogP contribution in [0.2, 0.25) is 0 Å². The molecule has 2 rings (SSSR count). The number of nitrogens with one attached hydrogen (secondary N) is 1. The van der Waals surface area contributed by atoms with Crippen LogP contribution in [0.25, 0.3) is 0 Å². The van der Waals surface area contributed by atoms with Gasteiger partial charge in [0.25, 0.3) is 10.0 Å². The van der Waals surface area contributed by atoms with Gasteiger partial charge in [-0.15, -0.1) is 0 Å². The van der Waals surface area contributed by atoms with Crippen LogP contribution in [0.15, 0.2) is 33.8 Å².